The Kier molecular flexibility index (Phi) is 9.20. The minimum Gasteiger partial charge on any atom is -0.497 e. The van der Waals surface area contributed by atoms with Gasteiger partial charge in [0, 0.05) is 25.2 Å². The van der Waals surface area contributed by atoms with Gasteiger partial charge in [0.05, 0.1) is 25.2 Å². The highest BCUT2D eigenvalue weighted by atomic mass is 32.2. The number of allylic oxidation sites excluding steroid dienone is 1. The van der Waals surface area contributed by atoms with E-state index in [9.17, 15) is 18.3 Å². The van der Waals surface area contributed by atoms with Crippen LogP contribution in [0.4, 0.5) is 5.69 Å². The molecule has 2 aliphatic rings. The molecule has 0 aromatic heterocycles. The van der Waals surface area contributed by atoms with E-state index in [0.29, 0.717) is 23.8 Å². The first-order valence-corrected chi connectivity index (χ1v) is 14.0. The van der Waals surface area contributed by atoms with Crippen LogP contribution >= 0.6 is 0 Å². The van der Waals surface area contributed by atoms with Crippen molar-refractivity contribution in [2.24, 2.45) is 11.8 Å². The first-order valence-electron chi connectivity index (χ1n) is 12.5. The molecular weight excluding hydrogens is 496 g/mol. The average molecular weight is 531 g/mol. The Labute approximate surface area is 218 Å². The van der Waals surface area contributed by atoms with Crippen LogP contribution < -0.4 is 10.1 Å². The summed E-state index contributed by atoms with van der Waals surface area (Å²) < 4.78 is 44.4. The van der Waals surface area contributed by atoms with Gasteiger partial charge in [-0.2, -0.15) is 4.31 Å². The summed E-state index contributed by atoms with van der Waals surface area (Å²) in [7, 11) is -2.34. The van der Waals surface area contributed by atoms with Gasteiger partial charge in [-0.1, -0.05) is 24.6 Å². The summed E-state index contributed by atoms with van der Waals surface area (Å²) >= 11 is 0. The SMILES string of the molecule is COc1ccc(S(=O)(=O)N(CCO)CCO[C@@H]2C[C@H](C3CCC3)C=C(C(=O)Nc3ccccc3)O2)cc1. The molecule has 0 bridgehead atoms. The molecule has 37 heavy (non-hydrogen) atoms. The van der Waals surface area contributed by atoms with Crippen LogP contribution in [0.25, 0.3) is 0 Å². The normalized spacial score (nSPS) is 20.0. The van der Waals surface area contributed by atoms with E-state index in [4.69, 9.17) is 14.2 Å². The number of carbonyl (C=O) groups excluding carboxylic acids is 1. The Hall–Kier alpha value is -2.92. The lowest BCUT2D eigenvalue weighted by atomic mass is 9.73. The summed E-state index contributed by atoms with van der Waals surface area (Å²) in [5.41, 5.74) is 0.670. The second-order valence-corrected chi connectivity index (χ2v) is 11.1. The standard InChI is InChI=1S/C27H34N2O7S/c1-34-23-10-12-24(13-11-23)37(32,33)29(14-16-30)15-17-35-26-19-21(20-6-5-7-20)18-25(36-26)27(31)28-22-8-3-2-4-9-22/h2-4,8-13,18,20-21,26,30H,5-7,14-17,19H2,1H3,(H,28,31)/t21-,26+/m1/s1. The number of carbonyl (C=O) groups is 1. The molecule has 1 aliphatic carbocycles. The van der Waals surface area contributed by atoms with E-state index in [0.717, 1.165) is 12.8 Å². The molecule has 2 atom stereocenters. The van der Waals surface area contributed by atoms with E-state index in [2.05, 4.69) is 5.32 Å². The molecule has 1 amide bonds. The number of methoxy groups -OCH3 is 1. The Bertz CT molecular complexity index is 1170. The second-order valence-electron chi connectivity index (χ2n) is 9.16. The monoisotopic (exact) mass is 530 g/mol. The molecule has 0 unspecified atom stereocenters. The Morgan fingerprint density at radius 3 is 2.46 bits per heavy atom. The number of aliphatic hydroxyl groups excluding tert-OH is 1. The molecule has 0 radical (unpaired) electrons. The Balaban J connectivity index is 1.39. The third-order valence-electron chi connectivity index (χ3n) is 6.79. The van der Waals surface area contributed by atoms with Crippen molar-refractivity contribution in [1.82, 2.24) is 4.31 Å². The predicted molar refractivity (Wildman–Crippen MR) is 138 cm³/mol. The fourth-order valence-corrected chi connectivity index (χ4v) is 5.92. The highest BCUT2D eigenvalue weighted by Gasteiger charge is 2.35. The zero-order valence-electron chi connectivity index (χ0n) is 20.9. The summed E-state index contributed by atoms with van der Waals surface area (Å²) in [5, 5.41) is 12.3. The van der Waals surface area contributed by atoms with Crippen LogP contribution in [0.1, 0.15) is 25.7 Å². The zero-order valence-corrected chi connectivity index (χ0v) is 21.7. The van der Waals surface area contributed by atoms with E-state index in [1.54, 1.807) is 24.3 Å². The number of nitrogens with zero attached hydrogens (tertiary/aromatic N) is 1. The molecule has 4 rings (SSSR count). The summed E-state index contributed by atoms with van der Waals surface area (Å²) in [6.07, 6.45) is 5.20. The molecule has 1 saturated carbocycles. The van der Waals surface area contributed by atoms with Crippen molar-refractivity contribution in [2.75, 3.05) is 38.7 Å². The molecule has 2 aromatic rings. The van der Waals surface area contributed by atoms with E-state index >= 15 is 0 Å². The fourth-order valence-electron chi connectivity index (χ4n) is 4.50. The first kappa shape index (κ1) is 27.1. The van der Waals surface area contributed by atoms with E-state index in [1.165, 1.54) is 30.0 Å². The third kappa shape index (κ3) is 6.89. The minimum atomic E-state index is -3.85. The van der Waals surface area contributed by atoms with Crippen molar-refractivity contribution in [3.8, 4) is 5.75 Å². The van der Waals surface area contributed by atoms with Crippen molar-refractivity contribution in [3.05, 3.63) is 66.4 Å². The molecule has 1 aliphatic heterocycles. The van der Waals surface area contributed by atoms with Crippen molar-refractivity contribution in [3.63, 3.8) is 0 Å². The van der Waals surface area contributed by atoms with E-state index in [1.807, 2.05) is 24.3 Å². The number of anilines is 1. The van der Waals surface area contributed by atoms with Crippen molar-refractivity contribution < 1.29 is 32.5 Å². The van der Waals surface area contributed by atoms with Crippen LogP contribution in [0.5, 0.6) is 5.75 Å². The number of aliphatic hydroxyl groups is 1. The van der Waals surface area contributed by atoms with E-state index in [-0.39, 0.29) is 48.8 Å². The maximum Gasteiger partial charge on any atom is 0.290 e. The molecule has 1 heterocycles. The smallest absolute Gasteiger partial charge is 0.290 e. The fraction of sp³-hybridized carbons (Fsp3) is 0.444. The highest BCUT2D eigenvalue weighted by Crippen LogP contribution is 2.40. The van der Waals surface area contributed by atoms with Gasteiger partial charge in [0.15, 0.2) is 5.76 Å². The second kappa shape index (κ2) is 12.6. The predicted octanol–water partition coefficient (Wildman–Crippen LogP) is 3.38. The number of ether oxygens (including phenoxy) is 3. The lowest BCUT2D eigenvalue weighted by Gasteiger charge is -2.37. The minimum absolute atomic E-state index is 0.0259. The van der Waals surface area contributed by atoms with Gasteiger partial charge in [0.25, 0.3) is 5.91 Å². The van der Waals surface area contributed by atoms with Gasteiger partial charge >= 0.3 is 0 Å². The van der Waals surface area contributed by atoms with Gasteiger partial charge in [-0.3, -0.25) is 4.79 Å². The third-order valence-corrected chi connectivity index (χ3v) is 8.70. The quantitative estimate of drug-likeness (QED) is 0.432. The Morgan fingerprint density at radius 1 is 1.11 bits per heavy atom. The molecule has 2 aromatic carbocycles. The molecule has 0 saturated heterocycles. The number of amides is 1. The number of hydrogen-bond acceptors (Lipinski definition) is 7. The zero-order chi connectivity index (χ0) is 26.3. The highest BCUT2D eigenvalue weighted by molar-refractivity contribution is 7.89. The van der Waals surface area contributed by atoms with Gasteiger partial charge in [-0.15, -0.1) is 0 Å². The number of para-hydroxylation sites is 1. The summed E-state index contributed by atoms with van der Waals surface area (Å²) in [6.45, 7) is -0.326. The van der Waals surface area contributed by atoms with Gasteiger partial charge in [-0.25, -0.2) is 8.42 Å². The van der Waals surface area contributed by atoms with Crippen LogP contribution in [-0.2, 0) is 24.3 Å². The van der Waals surface area contributed by atoms with Crippen molar-refractivity contribution in [2.45, 2.75) is 36.9 Å². The summed E-state index contributed by atoms with van der Waals surface area (Å²) in [6, 6.07) is 15.2. The molecule has 10 heteroatoms. The number of hydrogen-bond donors (Lipinski definition) is 2. The van der Waals surface area contributed by atoms with Gasteiger partial charge in [0.1, 0.15) is 5.75 Å². The first-order chi connectivity index (χ1) is 17.9. The Morgan fingerprint density at radius 2 is 1.84 bits per heavy atom. The molecule has 1 fully saturated rings. The lowest BCUT2D eigenvalue weighted by Crippen LogP contribution is -2.38. The van der Waals surface area contributed by atoms with Crippen molar-refractivity contribution in [1.29, 1.82) is 0 Å². The molecule has 200 valence electrons. The number of benzene rings is 2. The van der Waals surface area contributed by atoms with E-state index < -0.39 is 16.3 Å². The van der Waals surface area contributed by atoms with Crippen LogP contribution in [0.3, 0.4) is 0 Å². The van der Waals surface area contributed by atoms with Gasteiger partial charge < -0.3 is 24.6 Å². The van der Waals surface area contributed by atoms with Gasteiger partial charge in [-0.05, 0) is 67.2 Å². The number of sulfonamides is 1. The lowest BCUT2D eigenvalue weighted by molar-refractivity contribution is -0.150. The maximum absolute atomic E-state index is 13.1. The summed E-state index contributed by atoms with van der Waals surface area (Å²) in [5.74, 6) is 1.06. The number of rotatable bonds is 12. The molecular formula is C27H34N2O7S. The summed E-state index contributed by atoms with van der Waals surface area (Å²) in [4.78, 5) is 13.0. The number of nitrogens with one attached hydrogen (secondary N) is 1. The molecule has 2 N–H and O–H groups in total. The molecule has 0 spiro atoms. The van der Waals surface area contributed by atoms with Crippen LogP contribution in [-0.4, -0.2) is 63.4 Å². The van der Waals surface area contributed by atoms with Crippen LogP contribution in [0.2, 0.25) is 0 Å². The largest absolute Gasteiger partial charge is 0.497 e. The topological polar surface area (TPSA) is 114 Å². The average Bonchev–Trinajstić information content (AvgIpc) is 2.87. The van der Waals surface area contributed by atoms with Crippen molar-refractivity contribution >= 4 is 21.6 Å². The maximum atomic E-state index is 13.1. The molecule has 9 nitrogen and oxygen atoms in total. The van der Waals surface area contributed by atoms with Crippen LogP contribution in [0.15, 0.2) is 71.3 Å². The van der Waals surface area contributed by atoms with Gasteiger partial charge in [0.2, 0.25) is 16.3 Å². The van der Waals surface area contributed by atoms with Crippen LogP contribution in [0, 0.1) is 11.8 Å².